The van der Waals surface area contributed by atoms with Crippen LogP contribution in [0.2, 0.25) is 0 Å². The van der Waals surface area contributed by atoms with Crippen molar-refractivity contribution in [2.24, 2.45) is 5.92 Å². The van der Waals surface area contributed by atoms with Gasteiger partial charge in [-0.15, -0.1) is 0 Å². The van der Waals surface area contributed by atoms with Gasteiger partial charge in [0.2, 0.25) is 5.91 Å². The topological polar surface area (TPSA) is 64.2 Å². The van der Waals surface area contributed by atoms with E-state index in [1.807, 2.05) is 6.07 Å². The molecule has 5 heteroatoms. The normalized spacial score (nSPS) is 12.7. The second-order valence-electron chi connectivity index (χ2n) is 7.53. The third-order valence-corrected chi connectivity index (χ3v) is 4.82. The highest BCUT2D eigenvalue weighted by Crippen LogP contribution is 2.24. The van der Waals surface area contributed by atoms with Gasteiger partial charge in [0.05, 0.1) is 11.6 Å². The molecule has 27 heavy (non-hydrogen) atoms. The zero-order valence-corrected chi connectivity index (χ0v) is 16.2. The molecule has 3 rings (SSSR count). The Morgan fingerprint density at radius 2 is 1.63 bits per heavy atom. The standard InChI is InChI=1S/C22H26N2O3/c1-14(2)16-9-11-17(12-10-16)21(15(3)4)23-20(25)13-24-18-7-5-6-8-19(18)27-22(24)26/h5-12,14-15,21H,13H2,1-4H3,(H,23,25)/t21-/m1/s1. The molecule has 142 valence electrons. The Hall–Kier alpha value is -2.82. The molecule has 0 saturated carbocycles. The van der Waals surface area contributed by atoms with Crippen LogP contribution in [0.4, 0.5) is 0 Å². The molecule has 0 aliphatic heterocycles. The van der Waals surface area contributed by atoms with Crippen molar-refractivity contribution >= 4 is 17.0 Å². The second kappa shape index (κ2) is 7.82. The molecule has 1 N–H and O–H groups in total. The first-order valence-corrected chi connectivity index (χ1v) is 9.34. The third kappa shape index (κ3) is 4.13. The number of rotatable bonds is 6. The molecule has 0 spiro atoms. The molecule has 5 nitrogen and oxygen atoms in total. The van der Waals surface area contributed by atoms with Crippen molar-refractivity contribution in [2.45, 2.75) is 46.2 Å². The zero-order chi connectivity index (χ0) is 19.6. The summed E-state index contributed by atoms with van der Waals surface area (Å²) in [5.41, 5.74) is 3.44. The number of hydrogen-bond acceptors (Lipinski definition) is 3. The van der Waals surface area contributed by atoms with E-state index in [2.05, 4.69) is 57.3 Å². The quantitative estimate of drug-likeness (QED) is 0.710. The number of nitrogens with one attached hydrogen (secondary N) is 1. The van der Waals surface area contributed by atoms with E-state index >= 15 is 0 Å². The van der Waals surface area contributed by atoms with Crippen LogP contribution in [0.15, 0.2) is 57.7 Å². The molecule has 1 atom stereocenters. The predicted octanol–water partition coefficient (Wildman–Crippen LogP) is 4.23. The molecule has 3 aromatic rings. The fourth-order valence-electron chi connectivity index (χ4n) is 3.25. The molecule has 0 fully saturated rings. The Kier molecular flexibility index (Phi) is 5.49. The third-order valence-electron chi connectivity index (χ3n) is 4.82. The van der Waals surface area contributed by atoms with E-state index in [0.29, 0.717) is 17.0 Å². The second-order valence-corrected chi connectivity index (χ2v) is 7.53. The van der Waals surface area contributed by atoms with Crippen molar-refractivity contribution in [3.8, 4) is 0 Å². The summed E-state index contributed by atoms with van der Waals surface area (Å²) in [6, 6.07) is 15.3. The molecule has 1 aromatic heterocycles. The summed E-state index contributed by atoms with van der Waals surface area (Å²) in [6.07, 6.45) is 0. The maximum Gasteiger partial charge on any atom is 0.420 e. The van der Waals surface area contributed by atoms with Crippen LogP contribution in [0.25, 0.3) is 11.1 Å². The smallest absolute Gasteiger partial charge is 0.408 e. The van der Waals surface area contributed by atoms with Gasteiger partial charge >= 0.3 is 5.76 Å². The average Bonchev–Trinajstić information content (AvgIpc) is 2.95. The van der Waals surface area contributed by atoms with E-state index in [9.17, 15) is 9.59 Å². The predicted molar refractivity (Wildman–Crippen MR) is 107 cm³/mol. The maximum atomic E-state index is 12.7. The van der Waals surface area contributed by atoms with Crippen LogP contribution in [-0.4, -0.2) is 10.5 Å². The minimum absolute atomic E-state index is 0.0663. The van der Waals surface area contributed by atoms with E-state index in [4.69, 9.17) is 4.42 Å². The Morgan fingerprint density at radius 3 is 2.26 bits per heavy atom. The van der Waals surface area contributed by atoms with E-state index in [1.54, 1.807) is 18.2 Å². The molecule has 0 aliphatic carbocycles. The van der Waals surface area contributed by atoms with Gasteiger partial charge in [0.1, 0.15) is 6.54 Å². The highest BCUT2D eigenvalue weighted by atomic mass is 16.4. The van der Waals surface area contributed by atoms with Gasteiger partial charge in [-0.1, -0.05) is 64.1 Å². The van der Waals surface area contributed by atoms with Gasteiger partial charge in [0.25, 0.3) is 0 Å². The Labute approximate surface area is 159 Å². The average molecular weight is 366 g/mol. The lowest BCUT2D eigenvalue weighted by Gasteiger charge is -2.23. The first kappa shape index (κ1) is 19.0. The minimum atomic E-state index is -0.520. The molecule has 0 bridgehead atoms. The molecule has 1 heterocycles. The Morgan fingerprint density at radius 1 is 1.00 bits per heavy atom. The molecular formula is C22H26N2O3. The summed E-state index contributed by atoms with van der Waals surface area (Å²) in [5.74, 6) is -0.0481. The van der Waals surface area contributed by atoms with E-state index in [1.165, 1.54) is 10.1 Å². The number of nitrogens with zero attached hydrogens (tertiary/aromatic N) is 1. The van der Waals surface area contributed by atoms with Gasteiger partial charge in [-0.25, -0.2) is 4.79 Å². The number of para-hydroxylation sites is 2. The molecule has 0 radical (unpaired) electrons. The number of carbonyl (C=O) groups is 1. The van der Waals surface area contributed by atoms with E-state index < -0.39 is 5.76 Å². The van der Waals surface area contributed by atoms with E-state index in [0.717, 1.165) is 5.56 Å². The van der Waals surface area contributed by atoms with Crippen LogP contribution >= 0.6 is 0 Å². The van der Waals surface area contributed by atoms with Gasteiger partial charge < -0.3 is 9.73 Å². The number of carbonyl (C=O) groups excluding carboxylic acids is 1. The lowest BCUT2D eigenvalue weighted by molar-refractivity contribution is -0.122. The zero-order valence-electron chi connectivity index (χ0n) is 16.2. The Balaban J connectivity index is 1.79. The van der Waals surface area contributed by atoms with Crippen molar-refractivity contribution in [1.29, 1.82) is 0 Å². The fourth-order valence-corrected chi connectivity index (χ4v) is 3.25. The van der Waals surface area contributed by atoms with Crippen molar-refractivity contribution in [1.82, 2.24) is 9.88 Å². The van der Waals surface area contributed by atoms with Crippen LogP contribution in [0.3, 0.4) is 0 Å². The van der Waals surface area contributed by atoms with Crippen LogP contribution in [0, 0.1) is 5.92 Å². The molecule has 0 unspecified atom stereocenters. The van der Waals surface area contributed by atoms with Crippen LogP contribution < -0.4 is 11.1 Å². The van der Waals surface area contributed by atoms with Crippen molar-refractivity contribution in [3.05, 3.63) is 70.2 Å². The first-order chi connectivity index (χ1) is 12.9. The fraction of sp³-hybridized carbons (Fsp3) is 0.364. The van der Waals surface area contributed by atoms with Crippen LogP contribution in [0.1, 0.15) is 50.8 Å². The van der Waals surface area contributed by atoms with Crippen molar-refractivity contribution in [2.75, 3.05) is 0 Å². The molecule has 1 amide bonds. The SMILES string of the molecule is CC(C)c1ccc([C@H](NC(=O)Cn2c(=O)oc3ccccc32)C(C)C)cc1. The van der Waals surface area contributed by atoms with Gasteiger partial charge in [0.15, 0.2) is 5.58 Å². The minimum Gasteiger partial charge on any atom is -0.408 e. The summed E-state index contributed by atoms with van der Waals surface area (Å²) < 4.78 is 6.56. The van der Waals surface area contributed by atoms with Crippen LogP contribution in [0.5, 0.6) is 0 Å². The van der Waals surface area contributed by atoms with Gasteiger partial charge in [-0.3, -0.25) is 9.36 Å². The summed E-state index contributed by atoms with van der Waals surface area (Å²) >= 11 is 0. The molecule has 0 saturated heterocycles. The van der Waals surface area contributed by atoms with Crippen LogP contribution in [-0.2, 0) is 11.3 Å². The first-order valence-electron chi connectivity index (χ1n) is 9.34. The van der Waals surface area contributed by atoms with Gasteiger partial charge in [-0.05, 0) is 35.1 Å². The summed E-state index contributed by atoms with van der Waals surface area (Å²) in [6.45, 7) is 8.39. The number of aromatic nitrogens is 1. The molecule has 2 aromatic carbocycles. The highest BCUT2D eigenvalue weighted by molar-refractivity contribution is 5.79. The van der Waals surface area contributed by atoms with Gasteiger partial charge in [0, 0.05) is 0 Å². The summed E-state index contributed by atoms with van der Waals surface area (Å²) in [7, 11) is 0. The lowest BCUT2D eigenvalue weighted by Crippen LogP contribution is -2.35. The number of benzene rings is 2. The maximum absolute atomic E-state index is 12.7. The highest BCUT2D eigenvalue weighted by Gasteiger charge is 2.20. The molecular weight excluding hydrogens is 340 g/mol. The Bertz CT molecular complexity index is 981. The van der Waals surface area contributed by atoms with E-state index in [-0.39, 0.29) is 24.4 Å². The number of hydrogen-bond donors (Lipinski definition) is 1. The number of fused-ring (bicyclic) bond motifs is 1. The van der Waals surface area contributed by atoms with Crippen molar-refractivity contribution in [3.63, 3.8) is 0 Å². The summed E-state index contributed by atoms with van der Waals surface area (Å²) in [4.78, 5) is 24.7. The monoisotopic (exact) mass is 366 g/mol. The van der Waals surface area contributed by atoms with Crippen molar-refractivity contribution < 1.29 is 9.21 Å². The molecule has 0 aliphatic rings. The van der Waals surface area contributed by atoms with Gasteiger partial charge in [-0.2, -0.15) is 0 Å². The largest absolute Gasteiger partial charge is 0.420 e. The number of amides is 1. The summed E-state index contributed by atoms with van der Waals surface area (Å²) in [5, 5.41) is 3.07. The lowest BCUT2D eigenvalue weighted by atomic mass is 9.93. The number of oxazole rings is 1.